The highest BCUT2D eigenvalue weighted by Crippen LogP contribution is 2.31. The van der Waals surface area contributed by atoms with E-state index in [1.165, 1.54) is 16.8 Å². The average Bonchev–Trinajstić information content (AvgIpc) is 2.82. The molecule has 0 spiro atoms. The summed E-state index contributed by atoms with van der Waals surface area (Å²) < 4.78 is 1.93. The minimum Gasteiger partial charge on any atom is -0.304 e. The normalized spacial score (nSPS) is 18.6. The predicted octanol–water partition coefficient (Wildman–Crippen LogP) is 2.50. The fraction of sp³-hybridized carbons (Fsp3) is 0.357. The predicted molar refractivity (Wildman–Crippen MR) is 75.4 cm³/mol. The number of hydrogen-bond acceptors (Lipinski definition) is 3. The Morgan fingerprint density at radius 3 is 3.11 bits per heavy atom. The number of thioether (sulfide) groups is 1. The second kappa shape index (κ2) is 5.16. The first-order valence-corrected chi connectivity index (χ1v) is 7.36. The second-order valence-electron chi connectivity index (χ2n) is 4.59. The van der Waals surface area contributed by atoms with E-state index in [-0.39, 0.29) is 0 Å². The third-order valence-electron chi connectivity index (χ3n) is 3.42. The Morgan fingerprint density at radius 1 is 1.39 bits per heavy atom. The summed E-state index contributed by atoms with van der Waals surface area (Å²) in [6.45, 7) is 0.871. The van der Waals surface area contributed by atoms with Crippen molar-refractivity contribution in [2.24, 2.45) is 7.05 Å². The molecule has 0 radical (unpaired) electrons. The van der Waals surface area contributed by atoms with Crippen molar-refractivity contribution in [2.45, 2.75) is 18.3 Å². The highest BCUT2D eigenvalue weighted by molar-refractivity contribution is 7.98. The Balaban J connectivity index is 1.73. The van der Waals surface area contributed by atoms with Gasteiger partial charge in [-0.25, -0.2) is 0 Å². The van der Waals surface area contributed by atoms with E-state index in [1.54, 1.807) is 0 Å². The standard InChI is InChI=1S/C14H17N3S/c1-17-12(6-7-16-17)8-15-14-10-18-9-11-4-2-3-5-13(11)14/h2-7,14-15H,8-10H2,1H3. The molecule has 3 nitrogen and oxygen atoms in total. The SMILES string of the molecule is Cn1nccc1CNC1CSCc2ccccc21. The Bertz CT molecular complexity index is 535. The molecule has 1 N–H and O–H groups in total. The Hall–Kier alpha value is -1.26. The molecule has 0 amide bonds. The van der Waals surface area contributed by atoms with Crippen LogP contribution in [0, 0.1) is 0 Å². The summed E-state index contributed by atoms with van der Waals surface area (Å²) >= 11 is 2.00. The molecular weight excluding hydrogens is 242 g/mol. The lowest BCUT2D eigenvalue weighted by molar-refractivity contribution is 0.549. The summed E-state index contributed by atoms with van der Waals surface area (Å²) in [5.41, 5.74) is 4.15. The van der Waals surface area contributed by atoms with Crippen LogP contribution in [0.4, 0.5) is 0 Å². The molecule has 0 saturated heterocycles. The molecule has 0 fully saturated rings. The van der Waals surface area contributed by atoms with E-state index < -0.39 is 0 Å². The third kappa shape index (κ3) is 2.31. The Kier molecular flexibility index (Phi) is 3.39. The van der Waals surface area contributed by atoms with Crippen molar-refractivity contribution in [3.8, 4) is 0 Å². The maximum absolute atomic E-state index is 4.20. The van der Waals surface area contributed by atoms with Crippen molar-refractivity contribution >= 4 is 11.8 Å². The van der Waals surface area contributed by atoms with Crippen LogP contribution in [-0.2, 0) is 19.3 Å². The topological polar surface area (TPSA) is 29.9 Å². The van der Waals surface area contributed by atoms with E-state index in [9.17, 15) is 0 Å². The number of aryl methyl sites for hydroxylation is 1. The number of rotatable bonds is 3. The zero-order valence-corrected chi connectivity index (χ0v) is 11.3. The van der Waals surface area contributed by atoms with E-state index in [0.29, 0.717) is 6.04 Å². The van der Waals surface area contributed by atoms with Crippen LogP contribution in [0.5, 0.6) is 0 Å². The summed E-state index contributed by atoms with van der Waals surface area (Å²) in [4.78, 5) is 0. The molecule has 0 bridgehead atoms. The van der Waals surface area contributed by atoms with Gasteiger partial charge in [0.25, 0.3) is 0 Å². The molecule has 18 heavy (non-hydrogen) atoms. The first kappa shape index (κ1) is 11.8. The van der Waals surface area contributed by atoms with Gasteiger partial charge < -0.3 is 5.32 Å². The van der Waals surface area contributed by atoms with E-state index in [2.05, 4.69) is 40.7 Å². The molecule has 4 heteroatoms. The number of hydrogen-bond donors (Lipinski definition) is 1. The van der Waals surface area contributed by atoms with E-state index >= 15 is 0 Å². The zero-order chi connectivity index (χ0) is 12.4. The van der Waals surface area contributed by atoms with Crippen LogP contribution in [0.2, 0.25) is 0 Å². The van der Waals surface area contributed by atoms with Gasteiger partial charge >= 0.3 is 0 Å². The van der Waals surface area contributed by atoms with Crippen LogP contribution in [-0.4, -0.2) is 15.5 Å². The third-order valence-corrected chi connectivity index (χ3v) is 4.51. The molecule has 1 aliphatic heterocycles. The highest BCUT2D eigenvalue weighted by Gasteiger charge is 2.19. The molecule has 1 aromatic heterocycles. The van der Waals surface area contributed by atoms with Gasteiger partial charge in [0.1, 0.15) is 0 Å². The van der Waals surface area contributed by atoms with Gasteiger partial charge in [0.2, 0.25) is 0 Å². The molecule has 94 valence electrons. The van der Waals surface area contributed by atoms with Gasteiger partial charge in [0.15, 0.2) is 0 Å². The highest BCUT2D eigenvalue weighted by atomic mass is 32.2. The second-order valence-corrected chi connectivity index (χ2v) is 5.62. The van der Waals surface area contributed by atoms with E-state index in [4.69, 9.17) is 0 Å². The van der Waals surface area contributed by atoms with Gasteiger partial charge in [0, 0.05) is 37.3 Å². The maximum atomic E-state index is 4.20. The van der Waals surface area contributed by atoms with Crippen LogP contribution in [0.15, 0.2) is 36.5 Å². The summed E-state index contributed by atoms with van der Waals surface area (Å²) in [5, 5.41) is 7.84. The molecule has 1 aliphatic rings. The minimum atomic E-state index is 0.454. The molecule has 1 atom stereocenters. The van der Waals surface area contributed by atoms with Gasteiger partial charge in [0.05, 0.1) is 5.69 Å². The fourth-order valence-corrected chi connectivity index (χ4v) is 3.49. The molecule has 1 unspecified atom stereocenters. The van der Waals surface area contributed by atoms with Gasteiger partial charge in [-0.2, -0.15) is 16.9 Å². The smallest absolute Gasteiger partial charge is 0.0518 e. The summed E-state index contributed by atoms with van der Waals surface area (Å²) in [6.07, 6.45) is 1.85. The van der Waals surface area contributed by atoms with Gasteiger partial charge in [-0.05, 0) is 17.2 Å². The number of nitrogens with one attached hydrogen (secondary N) is 1. The lowest BCUT2D eigenvalue weighted by Crippen LogP contribution is -2.27. The molecule has 3 rings (SSSR count). The number of aromatic nitrogens is 2. The number of nitrogens with zero attached hydrogens (tertiary/aromatic N) is 2. The molecule has 2 aromatic rings. The zero-order valence-electron chi connectivity index (χ0n) is 10.5. The summed E-state index contributed by atoms with van der Waals surface area (Å²) in [6, 6.07) is 11.3. The lowest BCUT2D eigenvalue weighted by Gasteiger charge is -2.26. The maximum Gasteiger partial charge on any atom is 0.0518 e. The van der Waals surface area contributed by atoms with Crippen molar-refractivity contribution in [3.05, 3.63) is 53.3 Å². The number of benzene rings is 1. The van der Waals surface area contributed by atoms with Crippen molar-refractivity contribution in [1.82, 2.24) is 15.1 Å². The average molecular weight is 259 g/mol. The minimum absolute atomic E-state index is 0.454. The van der Waals surface area contributed by atoms with Crippen LogP contribution in [0.25, 0.3) is 0 Å². The van der Waals surface area contributed by atoms with E-state index in [0.717, 1.165) is 18.1 Å². The molecular formula is C14H17N3S. The first-order chi connectivity index (χ1) is 8.84. The number of fused-ring (bicyclic) bond motifs is 1. The van der Waals surface area contributed by atoms with Crippen LogP contribution < -0.4 is 5.32 Å². The first-order valence-electron chi connectivity index (χ1n) is 6.20. The van der Waals surface area contributed by atoms with Crippen molar-refractivity contribution in [1.29, 1.82) is 0 Å². The van der Waals surface area contributed by atoms with Crippen LogP contribution in [0.1, 0.15) is 22.9 Å². The summed E-state index contributed by atoms with van der Waals surface area (Å²) in [5.74, 6) is 2.29. The lowest BCUT2D eigenvalue weighted by atomic mass is 10.0. The Morgan fingerprint density at radius 2 is 2.28 bits per heavy atom. The van der Waals surface area contributed by atoms with Gasteiger partial charge in [-0.3, -0.25) is 4.68 Å². The largest absolute Gasteiger partial charge is 0.304 e. The van der Waals surface area contributed by atoms with Crippen LogP contribution >= 0.6 is 11.8 Å². The monoisotopic (exact) mass is 259 g/mol. The fourth-order valence-electron chi connectivity index (χ4n) is 2.35. The molecule has 0 saturated carbocycles. The van der Waals surface area contributed by atoms with Gasteiger partial charge in [-0.15, -0.1) is 0 Å². The quantitative estimate of drug-likeness (QED) is 0.918. The molecule has 0 aliphatic carbocycles. The molecule has 2 heterocycles. The Labute approximate surface area is 112 Å². The van der Waals surface area contributed by atoms with Crippen molar-refractivity contribution < 1.29 is 0 Å². The van der Waals surface area contributed by atoms with Crippen molar-refractivity contribution in [3.63, 3.8) is 0 Å². The van der Waals surface area contributed by atoms with Gasteiger partial charge in [-0.1, -0.05) is 24.3 Å². The molecule has 1 aromatic carbocycles. The summed E-state index contributed by atoms with van der Waals surface area (Å²) in [7, 11) is 1.99. The van der Waals surface area contributed by atoms with E-state index in [1.807, 2.05) is 29.7 Å². The van der Waals surface area contributed by atoms with Crippen molar-refractivity contribution in [2.75, 3.05) is 5.75 Å². The van der Waals surface area contributed by atoms with Crippen LogP contribution in [0.3, 0.4) is 0 Å².